The summed E-state index contributed by atoms with van der Waals surface area (Å²) in [5.74, 6) is 0.729. The molecule has 3 aromatic rings. The minimum Gasteiger partial charge on any atom is -0.497 e. The second-order valence-corrected chi connectivity index (χ2v) is 12.0. The van der Waals surface area contributed by atoms with Crippen molar-refractivity contribution in [1.29, 1.82) is 0 Å². The van der Waals surface area contributed by atoms with Crippen LogP contribution >= 0.6 is 0 Å². The van der Waals surface area contributed by atoms with Gasteiger partial charge in [-0.05, 0) is 65.9 Å². The number of carbonyl (C=O) groups is 2. The van der Waals surface area contributed by atoms with E-state index >= 15 is 0 Å². The molecule has 2 heterocycles. The first kappa shape index (κ1) is 34.5. The number of benzene rings is 3. The van der Waals surface area contributed by atoms with E-state index in [2.05, 4.69) is 23.6 Å². The Balaban J connectivity index is 1.50. The maximum absolute atomic E-state index is 14.3. The fourth-order valence-corrected chi connectivity index (χ4v) is 6.36. The van der Waals surface area contributed by atoms with E-state index in [9.17, 15) is 19.7 Å². The van der Waals surface area contributed by atoms with Crippen LogP contribution in [0.2, 0.25) is 0 Å². The molecule has 0 bridgehead atoms. The number of unbranched alkanes of at least 4 members (excludes halogenated alkanes) is 2. The van der Waals surface area contributed by atoms with E-state index in [1.54, 1.807) is 31.4 Å². The number of ether oxygens (including phenoxy) is 4. The summed E-state index contributed by atoms with van der Waals surface area (Å²) >= 11 is 0. The lowest BCUT2D eigenvalue weighted by molar-refractivity contribution is -0.763. The minimum absolute atomic E-state index is 0.0291. The number of esters is 1. The van der Waals surface area contributed by atoms with Gasteiger partial charge in [0.15, 0.2) is 11.5 Å². The van der Waals surface area contributed by atoms with Gasteiger partial charge in [-0.1, -0.05) is 57.0 Å². The number of likely N-dealkylation sites (tertiary alicyclic amines) is 1. The molecule has 1 saturated heterocycles. The highest BCUT2D eigenvalue weighted by molar-refractivity contribution is 5.80. The molecule has 12 heteroatoms. The highest BCUT2D eigenvalue weighted by Crippen LogP contribution is 2.48. The molecule has 2 aliphatic rings. The predicted octanol–water partition coefficient (Wildman–Crippen LogP) is 5.92. The van der Waals surface area contributed by atoms with Crippen molar-refractivity contribution in [2.24, 2.45) is 5.92 Å². The maximum Gasteiger partial charge on any atom is 0.316 e. The van der Waals surface area contributed by atoms with E-state index in [0.29, 0.717) is 48.2 Å². The Kier molecular flexibility index (Phi) is 11.7. The van der Waals surface area contributed by atoms with Gasteiger partial charge in [-0.25, -0.2) is 0 Å². The molecular formula is C36H43N3O9. The molecule has 256 valence electrons. The average molecular weight is 662 g/mol. The van der Waals surface area contributed by atoms with Crippen LogP contribution in [-0.2, 0) is 21.0 Å². The van der Waals surface area contributed by atoms with Crippen LogP contribution in [0.15, 0.2) is 66.7 Å². The fourth-order valence-electron chi connectivity index (χ4n) is 6.36. The number of methoxy groups -OCH3 is 1. The molecule has 12 nitrogen and oxygen atoms in total. The molecule has 0 spiro atoms. The second-order valence-electron chi connectivity index (χ2n) is 12.0. The largest absolute Gasteiger partial charge is 0.497 e. The van der Waals surface area contributed by atoms with Crippen molar-refractivity contribution in [3.8, 4) is 23.0 Å². The Labute approximate surface area is 280 Å². The van der Waals surface area contributed by atoms with E-state index in [0.717, 1.165) is 36.8 Å². The van der Waals surface area contributed by atoms with Gasteiger partial charge in [-0.15, -0.1) is 10.1 Å². The maximum atomic E-state index is 14.3. The second kappa shape index (κ2) is 16.3. The zero-order valence-corrected chi connectivity index (χ0v) is 27.7. The summed E-state index contributed by atoms with van der Waals surface area (Å²) in [5.41, 5.74) is 2.28. The number of carbonyl (C=O) groups excluding carboxylic acids is 2. The Bertz CT molecular complexity index is 1540. The number of hydrogen-bond acceptors (Lipinski definition) is 10. The van der Waals surface area contributed by atoms with E-state index in [1.807, 2.05) is 47.4 Å². The SMILES string of the molecule is CCCCN(CCCC)C(=O)CN1CC(c2ccc3c(c2)OCO3)C(C(=O)Oc2ccc(CO[N+](=O)[O-])cc2)C1c1ccc(OC)cc1. The van der Waals surface area contributed by atoms with Gasteiger partial charge >= 0.3 is 5.97 Å². The van der Waals surface area contributed by atoms with Gasteiger partial charge in [-0.2, -0.15) is 0 Å². The molecule has 0 aromatic heterocycles. The van der Waals surface area contributed by atoms with Gasteiger partial charge < -0.3 is 28.7 Å². The first-order valence-corrected chi connectivity index (χ1v) is 16.4. The molecule has 2 aliphatic heterocycles. The Morgan fingerprint density at radius 1 is 0.917 bits per heavy atom. The highest BCUT2D eigenvalue weighted by Gasteiger charge is 2.49. The average Bonchev–Trinajstić information content (AvgIpc) is 3.72. The van der Waals surface area contributed by atoms with Crippen LogP contribution in [0, 0.1) is 16.0 Å². The molecule has 0 radical (unpaired) electrons. The van der Waals surface area contributed by atoms with Crippen molar-refractivity contribution in [2.45, 2.75) is 58.1 Å². The van der Waals surface area contributed by atoms with Crippen molar-refractivity contribution in [3.63, 3.8) is 0 Å². The van der Waals surface area contributed by atoms with Crippen LogP contribution in [0.4, 0.5) is 0 Å². The normalized spacial score (nSPS) is 18.4. The van der Waals surface area contributed by atoms with Crippen LogP contribution < -0.4 is 18.9 Å². The molecule has 0 N–H and O–H groups in total. The minimum atomic E-state index is -0.854. The Hall–Kier alpha value is -4.84. The molecule has 1 amide bonds. The fraction of sp³-hybridized carbons (Fsp3) is 0.444. The summed E-state index contributed by atoms with van der Waals surface area (Å²) < 4.78 is 22.7. The van der Waals surface area contributed by atoms with Crippen molar-refractivity contribution in [1.82, 2.24) is 9.80 Å². The van der Waals surface area contributed by atoms with Crippen molar-refractivity contribution in [2.75, 3.05) is 40.1 Å². The van der Waals surface area contributed by atoms with Crippen LogP contribution in [0.25, 0.3) is 0 Å². The highest BCUT2D eigenvalue weighted by atomic mass is 16.9. The van der Waals surface area contributed by atoms with Crippen LogP contribution in [0.5, 0.6) is 23.0 Å². The lowest BCUT2D eigenvalue weighted by atomic mass is 9.82. The molecule has 48 heavy (non-hydrogen) atoms. The topological polar surface area (TPSA) is 130 Å². The van der Waals surface area contributed by atoms with E-state index in [4.69, 9.17) is 18.9 Å². The standard InChI is InChI=1S/C36H43N3O9/c1-4-6-18-37(19-7-5-2)33(40)22-38-21-30(27-12-17-31-32(20-27)46-24-45-31)34(35(38)26-10-15-28(44-3)16-11-26)36(41)48-29-13-8-25(9-14-29)23-47-39(42)43/h8-17,20,30,34-35H,4-7,18-19,21-24H2,1-3H3. The molecule has 1 fully saturated rings. The quantitative estimate of drug-likeness (QED) is 0.0789. The monoisotopic (exact) mass is 661 g/mol. The molecule has 3 unspecified atom stereocenters. The lowest BCUT2D eigenvalue weighted by Crippen LogP contribution is -2.42. The summed E-state index contributed by atoms with van der Waals surface area (Å²) in [6.45, 7) is 6.08. The summed E-state index contributed by atoms with van der Waals surface area (Å²) in [6.07, 6.45) is 3.81. The molecule has 0 aliphatic carbocycles. The summed E-state index contributed by atoms with van der Waals surface area (Å²) in [5, 5.41) is 9.76. The van der Waals surface area contributed by atoms with Gasteiger partial charge in [-0.3, -0.25) is 14.5 Å². The third-order valence-corrected chi connectivity index (χ3v) is 8.89. The molecule has 5 rings (SSSR count). The number of amides is 1. The molecule has 3 atom stereocenters. The van der Waals surface area contributed by atoms with Crippen LogP contribution in [-0.4, -0.2) is 66.8 Å². The van der Waals surface area contributed by atoms with E-state index in [-0.39, 0.29) is 31.8 Å². The smallest absolute Gasteiger partial charge is 0.316 e. The van der Waals surface area contributed by atoms with Gasteiger partial charge in [0.2, 0.25) is 12.7 Å². The summed E-state index contributed by atoms with van der Waals surface area (Å²) in [4.78, 5) is 47.4. The third kappa shape index (κ3) is 8.35. The number of rotatable bonds is 16. The van der Waals surface area contributed by atoms with E-state index < -0.39 is 23.0 Å². The first-order chi connectivity index (χ1) is 23.3. The van der Waals surface area contributed by atoms with Gasteiger partial charge in [0, 0.05) is 31.6 Å². The molecule has 3 aromatic carbocycles. The zero-order valence-electron chi connectivity index (χ0n) is 27.7. The Morgan fingerprint density at radius 2 is 1.56 bits per heavy atom. The summed E-state index contributed by atoms with van der Waals surface area (Å²) in [7, 11) is 1.60. The molecule has 0 saturated carbocycles. The van der Waals surface area contributed by atoms with Crippen molar-refractivity contribution < 1.29 is 38.5 Å². The summed E-state index contributed by atoms with van der Waals surface area (Å²) in [6, 6.07) is 19.2. The first-order valence-electron chi connectivity index (χ1n) is 16.4. The number of nitrogens with zero attached hydrogens (tertiary/aromatic N) is 3. The Morgan fingerprint density at radius 3 is 2.21 bits per heavy atom. The lowest BCUT2D eigenvalue weighted by Gasteiger charge is -2.30. The predicted molar refractivity (Wildman–Crippen MR) is 176 cm³/mol. The molecular weight excluding hydrogens is 618 g/mol. The van der Waals surface area contributed by atoms with Gasteiger partial charge in [0.05, 0.1) is 19.6 Å². The van der Waals surface area contributed by atoms with Crippen LogP contribution in [0.3, 0.4) is 0 Å². The van der Waals surface area contributed by atoms with E-state index in [1.165, 1.54) is 0 Å². The number of hydrogen-bond donors (Lipinski definition) is 0. The van der Waals surface area contributed by atoms with Gasteiger partial charge in [0.25, 0.3) is 5.09 Å². The number of fused-ring (bicyclic) bond motifs is 1. The zero-order chi connectivity index (χ0) is 34.0. The van der Waals surface area contributed by atoms with Crippen molar-refractivity contribution in [3.05, 3.63) is 93.5 Å². The third-order valence-electron chi connectivity index (χ3n) is 8.89. The van der Waals surface area contributed by atoms with Gasteiger partial charge in [0.1, 0.15) is 18.1 Å². The van der Waals surface area contributed by atoms with Crippen LogP contribution in [0.1, 0.15) is 68.2 Å². The van der Waals surface area contributed by atoms with Crippen molar-refractivity contribution >= 4 is 11.9 Å².